The molecule has 0 aromatic heterocycles. The van der Waals surface area contributed by atoms with Crippen molar-refractivity contribution in [3.63, 3.8) is 0 Å². The molecular weight excluding hydrogens is 171 g/mol. The van der Waals surface area contributed by atoms with Gasteiger partial charge < -0.3 is 4.65 Å². The minimum atomic E-state index is 0.446. The van der Waals surface area contributed by atoms with Crippen molar-refractivity contribution in [1.82, 2.24) is 0 Å². The van der Waals surface area contributed by atoms with Crippen molar-refractivity contribution < 1.29 is 4.65 Å². The lowest BCUT2D eigenvalue weighted by Crippen LogP contribution is -2.60. The van der Waals surface area contributed by atoms with Crippen molar-refractivity contribution in [3.05, 3.63) is 0 Å². The summed E-state index contributed by atoms with van der Waals surface area (Å²) in [6.07, 6.45) is 2.62. The molecule has 0 amide bonds. The van der Waals surface area contributed by atoms with Gasteiger partial charge in [-0.15, -0.1) is 0 Å². The largest absolute Gasteiger partial charge is 0.436 e. The third-order valence-electron chi connectivity index (χ3n) is 5.40. The Morgan fingerprint density at radius 1 is 1.14 bits per heavy atom. The second-order valence-corrected chi connectivity index (χ2v) is 6.29. The van der Waals surface area contributed by atoms with Crippen LogP contribution in [0.5, 0.6) is 0 Å². The summed E-state index contributed by atoms with van der Waals surface area (Å²) < 4.78 is 5.87. The van der Waals surface area contributed by atoms with Gasteiger partial charge >= 0.3 is 0 Å². The van der Waals surface area contributed by atoms with Crippen LogP contribution in [0.1, 0.15) is 40.5 Å². The summed E-state index contributed by atoms with van der Waals surface area (Å²) in [5, 5.41) is 0. The van der Waals surface area contributed by atoms with Gasteiger partial charge in [-0.1, -0.05) is 34.5 Å². The van der Waals surface area contributed by atoms with Gasteiger partial charge in [0.15, 0.2) is 0 Å². The molecule has 2 unspecified atom stereocenters. The minimum Gasteiger partial charge on any atom is -0.436 e. The van der Waals surface area contributed by atoms with Gasteiger partial charge in [-0.2, -0.15) is 0 Å². The summed E-state index contributed by atoms with van der Waals surface area (Å²) in [6, 6.07) is 0. The minimum absolute atomic E-state index is 0.446. The van der Waals surface area contributed by atoms with Gasteiger partial charge in [0.2, 0.25) is 0 Å². The summed E-state index contributed by atoms with van der Waals surface area (Å²) in [5.74, 6) is 1.66. The molecule has 0 aromatic rings. The van der Waals surface area contributed by atoms with Gasteiger partial charge in [0.1, 0.15) is 0 Å². The second-order valence-electron chi connectivity index (χ2n) is 6.29. The highest BCUT2D eigenvalue weighted by Gasteiger charge is 2.63. The summed E-state index contributed by atoms with van der Waals surface area (Å²) in [7, 11) is 0. The SMILES string of the molecule is CB1OCCCC2C1C(C)(C)C2(C)C. The van der Waals surface area contributed by atoms with Crippen molar-refractivity contribution in [2.45, 2.75) is 53.2 Å². The molecule has 1 aliphatic carbocycles. The molecule has 2 atom stereocenters. The molecule has 0 aromatic carbocycles. The highest BCUT2D eigenvalue weighted by Crippen LogP contribution is 2.70. The maximum Gasteiger partial charge on any atom is 0.293 e. The van der Waals surface area contributed by atoms with Crippen LogP contribution in [0.3, 0.4) is 0 Å². The van der Waals surface area contributed by atoms with Gasteiger partial charge in [-0.25, -0.2) is 0 Å². The zero-order valence-electron chi connectivity index (χ0n) is 10.3. The molecule has 0 N–H and O–H groups in total. The van der Waals surface area contributed by atoms with E-state index in [2.05, 4.69) is 34.5 Å². The standard InChI is InChI=1S/C12H23BO/c1-11(2)9-7-6-8-14-13(5)10(9)12(11,3)4/h9-10H,6-8H2,1-5H3. The molecular formula is C12H23BO. The second kappa shape index (κ2) is 3.01. The Hall–Kier alpha value is 0.0249. The van der Waals surface area contributed by atoms with Crippen molar-refractivity contribution in [2.24, 2.45) is 16.7 Å². The van der Waals surface area contributed by atoms with E-state index >= 15 is 0 Å². The van der Waals surface area contributed by atoms with Crippen molar-refractivity contribution in [1.29, 1.82) is 0 Å². The van der Waals surface area contributed by atoms with E-state index in [4.69, 9.17) is 4.65 Å². The molecule has 2 rings (SSSR count). The third kappa shape index (κ3) is 1.13. The fourth-order valence-corrected chi connectivity index (χ4v) is 3.89. The van der Waals surface area contributed by atoms with Gasteiger partial charge in [0, 0.05) is 6.61 Å². The average Bonchev–Trinajstić information content (AvgIpc) is 2.26. The van der Waals surface area contributed by atoms with Crippen LogP contribution in [0.25, 0.3) is 0 Å². The van der Waals surface area contributed by atoms with E-state index < -0.39 is 0 Å². The Balaban J connectivity index is 2.25. The smallest absolute Gasteiger partial charge is 0.293 e. The van der Waals surface area contributed by atoms with Crippen LogP contribution < -0.4 is 0 Å². The highest BCUT2D eigenvalue weighted by molar-refractivity contribution is 6.52. The summed E-state index contributed by atoms with van der Waals surface area (Å²) in [5.41, 5.74) is 0.945. The number of hydrogen-bond donors (Lipinski definition) is 0. The molecule has 0 spiro atoms. The van der Waals surface area contributed by atoms with E-state index in [-0.39, 0.29) is 0 Å². The van der Waals surface area contributed by atoms with E-state index in [1.807, 2.05) is 0 Å². The maximum absolute atomic E-state index is 5.87. The Bertz CT molecular complexity index is 234. The van der Waals surface area contributed by atoms with Crippen LogP contribution >= 0.6 is 0 Å². The number of fused-ring (bicyclic) bond motifs is 1. The first-order valence-electron chi connectivity index (χ1n) is 6.00. The predicted octanol–water partition coefficient (Wildman–Crippen LogP) is 3.47. The highest BCUT2D eigenvalue weighted by atomic mass is 16.4. The molecule has 14 heavy (non-hydrogen) atoms. The topological polar surface area (TPSA) is 9.23 Å². The zero-order chi connectivity index (χ0) is 10.6. The van der Waals surface area contributed by atoms with E-state index in [0.29, 0.717) is 17.7 Å². The third-order valence-corrected chi connectivity index (χ3v) is 5.40. The predicted molar refractivity (Wildman–Crippen MR) is 61.6 cm³/mol. The Kier molecular flexibility index (Phi) is 2.26. The van der Waals surface area contributed by atoms with Crippen molar-refractivity contribution in [3.8, 4) is 0 Å². The lowest BCUT2D eigenvalue weighted by molar-refractivity contribution is -0.0980. The molecule has 0 bridgehead atoms. The molecule has 2 heteroatoms. The fourth-order valence-electron chi connectivity index (χ4n) is 3.89. The first kappa shape index (κ1) is 10.5. The molecule has 2 fully saturated rings. The lowest BCUT2D eigenvalue weighted by atomic mass is 9.28. The summed E-state index contributed by atoms with van der Waals surface area (Å²) >= 11 is 0. The molecule has 1 heterocycles. The molecule has 1 aliphatic heterocycles. The molecule has 80 valence electrons. The van der Waals surface area contributed by atoms with Crippen LogP contribution in [0.4, 0.5) is 0 Å². The average molecular weight is 194 g/mol. The molecule has 1 saturated carbocycles. The Morgan fingerprint density at radius 2 is 1.79 bits per heavy atom. The monoisotopic (exact) mass is 194 g/mol. The first-order chi connectivity index (χ1) is 6.39. The van der Waals surface area contributed by atoms with Crippen LogP contribution in [-0.4, -0.2) is 13.5 Å². The normalized spacial score (nSPS) is 39.6. The van der Waals surface area contributed by atoms with Gasteiger partial charge in [-0.3, -0.25) is 0 Å². The summed E-state index contributed by atoms with van der Waals surface area (Å²) in [6.45, 7) is 13.4. The van der Waals surface area contributed by atoms with E-state index in [0.717, 1.165) is 18.3 Å². The quantitative estimate of drug-likeness (QED) is 0.536. The lowest BCUT2D eigenvalue weighted by Gasteiger charge is -2.66. The van der Waals surface area contributed by atoms with Gasteiger partial charge in [0.25, 0.3) is 6.92 Å². The van der Waals surface area contributed by atoms with Crippen molar-refractivity contribution in [2.75, 3.05) is 6.61 Å². The molecule has 2 aliphatic rings. The van der Waals surface area contributed by atoms with Crippen molar-refractivity contribution >= 4 is 6.92 Å². The molecule has 1 nitrogen and oxygen atoms in total. The van der Waals surface area contributed by atoms with E-state index in [1.165, 1.54) is 12.8 Å². The zero-order valence-corrected chi connectivity index (χ0v) is 10.3. The number of rotatable bonds is 0. The van der Waals surface area contributed by atoms with Crippen LogP contribution in [-0.2, 0) is 4.65 Å². The van der Waals surface area contributed by atoms with Gasteiger partial charge in [-0.05, 0) is 35.4 Å². The van der Waals surface area contributed by atoms with Crippen LogP contribution in [0.2, 0.25) is 12.6 Å². The van der Waals surface area contributed by atoms with E-state index in [1.54, 1.807) is 0 Å². The Morgan fingerprint density at radius 3 is 2.43 bits per heavy atom. The summed E-state index contributed by atoms with van der Waals surface area (Å²) in [4.78, 5) is 0. The molecule has 1 saturated heterocycles. The van der Waals surface area contributed by atoms with E-state index in [9.17, 15) is 0 Å². The first-order valence-corrected chi connectivity index (χ1v) is 6.00. The number of hydrogen-bond acceptors (Lipinski definition) is 1. The van der Waals surface area contributed by atoms with Gasteiger partial charge in [0.05, 0.1) is 0 Å². The molecule has 0 radical (unpaired) electrons. The van der Waals surface area contributed by atoms with Crippen LogP contribution in [0.15, 0.2) is 0 Å². The Labute approximate surface area is 88.7 Å². The fraction of sp³-hybridized carbons (Fsp3) is 1.00. The van der Waals surface area contributed by atoms with Crippen LogP contribution in [0, 0.1) is 16.7 Å². The maximum atomic E-state index is 5.87.